The third kappa shape index (κ3) is 1.73. The van der Waals surface area contributed by atoms with E-state index in [1.54, 1.807) is 0 Å². The number of para-hydroxylation sites is 1. The van der Waals surface area contributed by atoms with E-state index in [-0.39, 0.29) is 20.1 Å². The van der Waals surface area contributed by atoms with Crippen LogP contribution in [0.3, 0.4) is 0 Å². The van der Waals surface area contributed by atoms with E-state index in [2.05, 4.69) is 66.1 Å². The fraction of sp³-hybridized carbons (Fsp3) is 0.0625. The maximum absolute atomic E-state index is 3.35. The number of hydrogen-bond donors (Lipinski definition) is 0. The fourth-order valence-corrected chi connectivity index (χ4v) is 2.70. The molecule has 0 spiro atoms. The standard InChI is InChI=1S/C16H12N2.Ir/c1-17-10-16-14-8-3-2-6-12(14)13-7-4-5-9-15(13)18(16)11-17;/h2-8,10-11H,1H3;/q-2;. The fourth-order valence-electron chi connectivity index (χ4n) is 2.70. The Balaban J connectivity index is 0.00000110. The number of benzene rings is 2. The Morgan fingerprint density at radius 2 is 1.74 bits per heavy atom. The smallest absolute Gasteiger partial charge is 0.0319 e. The van der Waals surface area contributed by atoms with Crippen LogP contribution in [-0.2, 0) is 20.1 Å². The summed E-state index contributed by atoms with van der Waals surface area (Å²) >= 11 is 0. The van der Waals surface area contributed by atoms with Crippen molar-refractivity contribution in [3.63, 3.8) is 0 Å². The molecule has 0 aromatic heterocycles. The van der Waals surface area contributed by atoms with Gasteiger partial charge in [0, 0.05) is 25.8 Å². The quantitative estimate of drug-likeness (QED) is 0.599. The van der Waals surface area contributed by atoms with Gasteiger partial charge in [-0.2, -0.15) is 30.9 Å². The van der Waals surface area contributed by atoms with E-state index in [9.17, 15) is 0 Å². The minimum atomic E-state index is 0. The van der Waals surface area contributed by atoms with Gasteiger partial charge in [0.1, 0.15) is 0 Å². The van der Waals surface area contributed by atoms with Crippen LogP contribution < -0.4 is 4.90 Å². The van der Waals surface area contributed by atoms with Crippen molar-refractivity contribution < 1.29 is 20.1 Å². The van der Waals surface area contributed by atoms with E-state index in [4.69, 9.17) is 0 Å². The molecule has 3 heteroatoms. The molecule has 0 unspecified atom stereocenters. The minimum Gasteiger partial charge on any atom is -0.510 e. The van der Waals surface area contributed by atoms with Crippen LogP contribution in [0.15, 0.2) is 48.7 Å². The maximum Gasteiger partial charge on any atom is 0.0319 e. The molecule has 1 radical (unpaired) electrons. The molecule has 0 saturated carbocycles. The second-order valence-electron chi connectivity index (χ2n) is 4.64. The summed E-state index contributed by atoms with van der Waals surface area (Å²) in [5.41, 5.74) is 6.17. The predicted molar refractivity (Wildman–Crippen MR) is 73.2 cm³/mol. The molecule has 2 aliphatic rings. The van der Waals surface area contributed by atoms with Crippen molar-refractivity contribution >= 4 is 11.4 Å². The topological polar surface area (TPSA) is 6.48 Å². The Kier molecular flexibility index (Phi) is 2.96. The van der Waals surface area contributed by atoms with Gasteiger partial charge in [-0.3, -0.25) is 0 Å². The molecule has 0 N–H and O–H groups in total. The van der Waals surface area contributed by atoms with Gasteiger partial charge in [0.15, 0.2) is 0 Å². The number of fused-ring (bicyclic) bond motifs is 6. The van der Waals surface area contributed by atoms with Gasteiger partial charge in [-0.15, -0.1) is 5.56 Å². The first-order valence-corrected chi connectivity index (χ1v) is 6.03. The van der Waals surface area contributed by atoms with Gasteiger partial charge in [-0.25, -0.2) is 0 Å². The molecule has 97 valence electrons. The number of rotatable bonds is 0. The first-order chi connectivity index (χ1) is 8.84. The van der Waals surface area contributed by atoms with Crippen LogP contribution in [-0.4, -0.2) is 11.9 Å². The van der Waals surface area contributed by atoms with Crippen LogP contribution in [0.5, 0.6) is 0 Å². The number of hydrogen-bond acceptors (Lipinski definition) is 2. The first kappa shape index (κ1) is 12.5. The summed E-state index contributed by atoms with van der Waals surface area (Å²) in [5.74, 6) is 0. The van der Waals surface area contributed by atoms with Crippen LogP contribution in [0.2, 0.25) is 0 Å². The molecule has 2 aromatic rings. The van der Waals surface area contributed by atoms with E-state index in [0.29, 0.717) is 0 Å². The molecule has 0 amide bonds. The molecular formula is C16H12IrN2-2. The third-order valence-electron chi connectivity index (χ3n) is 3.45. The van der Waals surface area contributed by atoms with Crippen LogP contribution in [0.1, 0.15) is 5.56 Å². The summed E-state index contributed by atoms with van der Waals surface area (Å²) in [4.78, 5) is 4.29. The molecule has 0 bridgehead atoms. The van der Waals surface area contributed by atoms with Crippen molar-refractivity contribution in [3.05, 3.63) is 67.0 Å². The van der Waals surface area contributed by atoms with Crippen LogP contribution >= 0.6 is 0 Å². The SMILES string of the molecule is CN1C=C2c3ccccc3-c3ccc[c-]c3N2[CH-]1.[Ir]. The van der Waals surface area contributed by atoms with Gasteiger partial charge < -0.3 is 9.80 Å². The molecule has 0 aliphatic carbocycles. The maximum atomic E-state index is 3.35. The molecule has 0 fully saturated rings. The van der Waals surface area contributed by atoms with E-state index in [1.807, 2.05) is 12.1 Å². The zero-order chi connectivity index (χ0) is 12.1. The molecular weight excluding hydrogens is 412 g/mol. The molecule has 2 aliphatic heterocycles. The van der Waals surface area contributed by atoms with Gasteiger partial charge in [0.25, 0.3) is 0 Å². The van der Waals surface area contributed by atoms with Gasteiger partial charge >= 0.3 is 0 Å². The molecule has 2 heterocycles. The van der Waals surface area contributed by atoms with Gasteiger partial charge in [-0.1, -0.05) is 35.5 Å². The van der Waals surface area contributed by atoms with Gasteiger partial charge in [0.2, 0.25) is 0 Å². The van der Waals surface area contributed by atoms with E-state index in [1.165, 1.54) is 22.4 Å². The normalized spacial score (nSPS) is 15.1. The number of anilines is 1. The van der Waals surface area contributed by atoms with Crippen LogP contribution in [0.25, 0.3) is 16.8 Å². The number of nitrogens with zero attached hydrogens (tertiary/aromatic N) is 2. The zero-order valence-electron chi connectivity index (χ0n) is 10.4. The van der Waals surface area contributed by atoms with Crippen molar-refractivity contribution in [1.82, 2.24) is 4.90 Å². The summed E-state index contributed by atoms with van der Waals surface area (Å²) in [6.07, 6.45) is 2.16. The average Bonchev–Trinajstić information content (AvgIpc) is 2.81. The summed E-state index contributed by atoms with van der Waals surface area (Å²) in [5, 5.41) is 0. The summed E-state index contributed by atoms with van der Waals surface area (Å²) in [6, 6.07) is 18.1. The average molecular weight is 425 g/mol. The monoisotopic (exact) mass is 425 g/mol. The molecule has 0 atom stereocenters. The summed E-state index contributed by atoms with van der Waals surface area (Å²) in [7, 11) is 2.05. The molecule has 2 nitrogen and oxygen atoms in total. The molecule has 4 rings (SSSR count). The van der Waals surface area contributed by atoms with E-state index in [0.717, 1.165) is 5.69 Å². The van der Waals surface area contributed by atoms with Crippen molar-refractivity contribution in [3.8, 4) is 11.1 Å². The first-order valence-electron chi connectivity index (χ1n) is 6.03. The zero-order valence-corrected chi connectivity index (χ0v) is 12.8. The largest absolute Gasteiger partial charge is 0.510 e. The van der Waals surface area contributed by atoms with Crippen molar-refractivity contribution in [2.45, 2.75) is 0 Å². The summed E-state index contributed by atoms with van der Waals surface area (Å²) in [6.45, 7) is 2.10. The van der Waals surface area contributed by atoms with Crippen LogP contribution in [0.4, 0.5) is 5.69 Å². The van der Waals surface area contributed by atoms with Crippen molar-refractivity contribution in [2.24, 2.45) is 0 Å². The second-order valence-corrected chi connectivity index (χ2v) is 4.64. The van der Waals surface area contributed by atoms with Gasteiger partial charge in [0.05, 0.1) is 0 Å². The van der Waals surface area contributed by atoms with Crippen molar-refractivity contribution in [2.75, 3.05) is 11.9 Å². The Morgan fingerprint density at radius 1 is 1.00 bits per heavy atom. The van der Waals surface area contributed by atoms with Crippen LogP contribution in [0, 0.1) is 12.7 Å². The van der Waals surface area contributed by atoms with Gasteiger partial charge in [-0.05, 0) is 18.8 Å². The van der Waals surface area contributed by atoms with Crippen molar-refractivity contribution in [1.29, 1.82) is 0 Å². The molecule has 2 aromatic carbocycles. The molecule has 19 heavy (non-hydrogen) atoms. The Bertz CT molecular complexity index is 663. The van der Waals surface area contributed by atoms with E-state index < -0.39 is 0 Å². The predicted octanol–water partition coefficient (Wildman–Crippen LogP) is 3.33. The Labute approximate surface area is 126 Å². The minimum absolute atomic E-state index is 0. The van der Waals surface area contributed by atoms with E-state index >= 15 is 0 Å². The Hall–Kier alpha value is -1.57. The summed E-state index contributed by atoms with van der Waals surface area (Å²) < 4.78 is 0. The molecule has 0 saturated heterocycles. The second kappa shape index (κ2) is 4.52. The Morgan fingerprint density at radius 3 is 2.58 bits per heavy atom. The third-order valence-corrected chi connectivity index (χ3v) is 3.45.